The first-order chi connectivity index (χ1) is 9.02. The smallest absolute Gasteiger partial charge is 0.240 e. The quantitative estimate of drug-likeness (QED) is 0.908. The zero-order chi connectivity index (χ0) is 14.0. The maximum atomic E-state index is 13.2. The van der Waals surface area contributed by atoms with Crippen molar-refractivity contribution in [2.24, 2.45) is 11.7 Å². The highest BCUT2D eigenvalue weighted by molar-refractivity contribution is 5.82. The average Bonchev–Trinajstić information content (AvgIpc) is 2.43. The third-order valence-corrected chi connectivity index (χ3v) is 4.03. The van der Waals surface area contributed by atoms with Crippen molar-refractivity contribution in [1.82, 2.24) is 4.90 Å². The lowest BCUT2D eigenvalue weighted by atomic mass is 9.95. The minimum absolute atomic E-state index is 0.0238. The molecule has 0 saturated carbocycles. The molecule has 0 fully saturated rings. The van der Waals surface area contributed by atoms with Crippen molar-refractivity contribution < 1.29 is 9.18 Å². The second-order valence-electron chi connectivity index (χ2n) is 5.33. The molecular weight excluding hydrogens is 243 g/mol. The molecule has 1 aliphatic rings. The number of hydrogen-bond donors (Lipinski definition) is 1. The minimum Gasteiger partial charge on any atom is -0.337 e. The normalized spacial score (nSPS) is 17.8. The van der Waals surface area contributed by atoms with E-state index in [0.717, 1.165) is 24.0 Å². The highest BCUT2D eigenvalue weighted by Crippen LogP contribution is 2.21. The number of amides is 1. The van der Waals surface area contributed by atoms with Gasteiger partial charge in [0.25, 0.3) is 0 Å². The van der Waals surface area contributed by atoms with E-state index in [0.29, 0.717) is 13.1 Å². The average molecular weight is 264 g/mol. The predicted octanol–water partition coefficient (Wildman–Crippen LogP) is 2.08. The van der Waals surface area contributed by atoms with Gasteiger partial charge in [0.1, 0.15) is 5.82 Å². The standard InChI is InChI=1S/C15H21FN2O/c1-3-10(2)14(17)15(19)18-7-6-11-4-5-13(16)8-12(11)9-18/h4-5,8,10,14H,3,6-7,9,17H2,1-2H3. The molecule has 1 amide bonds. The van der Waals surface area contributed by atoms with Crippen LogP contribution >= 0.6 is 0 Å². The molecule has 0 bridgehead atoms. The van der Waals surface area contributed by atoms with Crippen molar-refractivity contribution >= 4 is 5.91 Å². The first-order valence-electron chi connectivity index (χ1n) is 6.84. The number of benzene rings is 1. The maximum Gasteiger partial charge on any atom is 0.240 e. The summed E-state index contributed by atoms with van der Waals surface area (Å²) in [7, 11) is 0. The number of nitrogens with two attached hydrogens (primary N) is 1. The molecule has 19 heavy (non-hydrogen) atoms. The molecule has 2 rings (SSSR count). The molecule has 1 heterocycles. The van der Waals surface area contributed by atoms with Crippen molar-refractivity contribution in [3.05, 3.63) is 35.1 Å². The van der Waals surface area contributed by atoms with Crippen LogP contribution in [0.1, 0.15) is 31.4 Å². The van der Waals surface area contributed by atoms with E-state index in [1.165, 1.54) is 12.1 Å². The molecule has 2 N–H and O–H groups in total. The van der Waals surface area contributed by atoms with Gasteiger partial charge in [0.15, 0.2) is 0 Å². The van der Waals surface area contributed by atoms with E-state index in [9.17, 15) is 9.18 Å². The summed E-state index contributed by atoms with van der Waals surface area (Å²) in [5, 5.41) is 0. The van der Waals surface area contributed by atoms with E-state index in [-0.39, 0.29) is 17.6 Å². The Hall–Kier alpha value is -1.42. The van der Waals surface area contributed by atoms with Crippen LogP contribution in [-0.2, 0) is 17.8 Å². The van der Waals surface area contributed by atoms with Gasteiger partial charge in [0, 0.05) is 13.1 Å². The number of halogens is 1. The summed E-state index contributed by atoms with van der Waals surface area (Å²) in [5.41, 5.74) is 8.01. The molecule has 4 heteroatoms. The van der Waals surface area contributed by atoms with Crippen LogP contribution in [0.25, 0.3) is 0 Å². The summed E-state index contributed by atoms with van der Waals surface area (Å²) >= 11 is 0. The monoisotopic (exact) mass is 264 g/mol. The number of carbonyl (C=O) groups excluding carboxylic acids is 1. The van der Waals surface area contributed by atoms with Crippen LogP contribution in [0.5, 0.6) is 0 Å². The molecule has 1 aromatic carbocycles. The van der Waals surface area contributed by atoms with E-state index in [2.05, 4.69) is 0 Å². The van der Waals surface area contributed by atoms with Gasteiger partial charge >= 0.3 is 0 Å². The fourth-order valence-corrected chi connectivity index (χ4v) is 2.42. The molecule has 104 valence electrons. The Balaban J connectivity index is 2.11. The van der Waals surface area contributed by atoms with Crippen LogP contribution in [0, 0.1) is 11.7 Å². The third kappa shape index (κ3) is 2.95. The topological polar surface area (TPSA) is 46.3 Å². The van der Waals surface area contributed by atoms with Crippen LogP contribution in [0.15, 0.2) is 18.2 Å². The Labute approximate surface area is 113 Å². The van der Waals surface area contributed by atoms with Gasteiger partial charge in [-0.2, -0.15) is 0 Å². The van der Waals surface area contributed by atoms with E-state index in [1.807, 2.05) is 13.8 Å². The summed E-state index contributed by atoms with van der Waals surface area (Å²) < 4.78 is 13.2. The van der Waals surface area contributed by atoms with E-state index in [1.54, 1.807) is 11.0 Å². The molecule has 0 aliphatic carbocycles. The fraction of sp³-hybridized carbons (Fsp3) is 0.533. The molecule has 1 aliphatic heterocycles. The molecule has 2 atom stereocenters. The van der Waals surface area contributed by atoms with Gasteiger partial charge in [-0.1, -0.05) is 26.3 Å². The number of rotatable bonds is 3. The zero-order valence-electron chi connectivity index (χ0n) is 11.5. The van der Waals surface area contributed by atoms with Crippen molar-refractivity contribution in [2.75, 3.05) is 6.54 Å². The lowest BCUT2D eigenvalue weighted by Crippen LogP contribution is -2.48. The fourth-order valence-electron chi connectivity index (χ4n) is 2.42. The number of hydrogen-bond acceptors (Lipinski definition) is 2. The third-order valence-electron chi connectivity index (χ3n) is 4.03. The maximum absolute atomic E-state index is 13.2. The van der Waals surface area contributed by atoms with Gasteiger partial charge in [-0.3, -0.25) is 4.79 Å². The summed E-state index contributed by atoms with van der Waals surface area (Å²) in [6.45, 7) is 5.15. The molecule has 3 nitrogen and oxygen atoms in total. The van der Waals surface area contributed by atoms with Crippen molar-refractivity contribution in [2.45, 2.75) is 39.3 Å². The summed E-state index contributed by atoms with van der Waals surface area (Å²) in [5.74, 6) is -0.107. The summed E-state index contributed by atoms with van der Waals surface area (Å²) in [6, 6.07) is 4.34. The van der Waals surface area contributed by atoms with Gasteiger partial charge < -0.3 is 10.6 Å². The van der Waals surface area contributed by atoms with E-state index in [4.69, 9.17) is 5.73 Å². The molecule has 1 aromatic rings. The number of fused-ring (bicyclic) bond motifs is 1. The van der Waals surface area contributed by atoms with Crippen LogP contribution in [0.3, 0.4) is 0 Å². The molecule has 0 aromatic heterocycles. The minimum atomic E-state index is -0.458. The molecule has 0 radical (unpaired) electrons. The van der Waals surface area contributed by atoms with Crippen molar-refractivity contribution in [1.29, 1.82) is 0 Å². The lowest BCUT2D eigenvalue weighted by molar-refractivity contribution is -0.134. The Bertz CT molecular complexity index is 475. The van der Waals surface area contributed by atoms with Crippen molar-refractivity contribution in [3.63, 3.8) is 0 Å². The first-order valence-corrected chi connectivity index (χ1v) is 6.84. The summed E-state index contributed by atoms with van der Waals surface area (Å²) in [6.07, 6.45) is 1.65. The second-order valence-corrected chi connectivity index (χ2v) is 5.33. The molecular formula is C15H21FN2O. The van der Waals surface area contributed by atoms with Crippen LogP contribution in [0.4, 0.5) is 4.39 Å². The lowest BCUT2D eigenvalue weighted by Gasteiger charge is -2.32. The second kappa shape index (κ2) is 5.70. The zero-order valence-corrected chi connectivity index (χ0v) is 11.5. The Kier molecular flexibility index (Phi) is 4.20. The van der Waals surface area contributed by atoms with E-state index >= 15 is 0 Å². The van der Waals surface area contributed by atoms with Gasteiger partial charge in [-0.15, -0.1) is 0 Å². The van der Waals surface area contributed by atoms with Gasteiger partial charge in [-0.05, 0) is 35.6 Å². The first kappa shape index (κ1) is 14.0. The van der Waals surface area contributed by atoms with Gasteiger partial charge in [0.05, 0.1) is 6.04 Å². The van der Waals surface area contributed by atoms with Gasteiger partial charge in [0.2, 0.25) is 5.91 Å². The molecule has 0 spiro atoms. The largest absolute Gasteiger partial charge is 0.337 e. The highest BCUT2D eigenvalue weighted by atomic mass is 19.1. The Morgan fingerprint density at radius 1 is 1.47 bits per heavy atom. The molecule has 2 unspecified atom stereocenters. The Morgan fingerprint density at radius 2 is 2.21 bits per heavy atom. The van der Waals surface area contributed by atoms with Crippen LogP contribution < -0.4 is 5.73 Å². The predicted molar refractivity (Wildman–Crippen MR) is 73.0 cm³/mol. The SMILES string of the molecule is CCC(C)C(N)C(=O)N1CCc2ccc(F)cc2C1. The van der Waals surface area contributed by atoms with E-state index < -0.39 is 6.04 Å². The number of carbonyl (C=O) groups is 1. The van der Waals surface area contributed by atoms with Crippen LogP contribution in [0.2, 0.25) is 0 Å². The van der Waals surface area contributed by atoms with Crippen molar-refractivity contribution in [3.8, 4) is 0 Å². The number of nitrogens with zero attached hydrogens (tertiary/aromatic N) is 1. The Morgan fingerprint density at radius 3 is 2.89 bits per heavy atom. The van der Waals surface area contributed by atoms with Gasteiger partial charge in [-0.25, -0.2) is 4.39 Å². The highest BCUT2D eigenvalue weighted by Gasteiger charge is 2.27. The van der Waals surface area contributed by atoms with Crippen LogP contribution in [-0.4, -0.2) is 23.4 Å². The molecule has 0 saturated heterocycles. The summed E-state index contributed by atoms with van der Waals surface area (Å²) in [4.78, 5) is 14.0.